The highest BCUT2D eigenvalue weighted by Gasteiger charge is 2.32. The lowest BCUT2D eigenvalue weighted by atomic mass is 10.2. The van der Waals surface area contributed by atoms with Crippen molar-refractivity contribution in [3.63, 3.8) is 0 Å². The minimum atomic E-state index is -3.62. The Hall–Kier alpha value is -2.42. The lowest BCUT2D eigenvalue weighted by molar-refractivity contribution is -0.0440. The number of rotatable bonds is 8. The summed E-state index contributed by atoms with van der Waals surface area (Å²) in [6, 6.07) is 15.5. The van der Waals surface area contributed by atoms with Crippen LogP contribution in [0.3, 0.4) is 0 Å². The second-order valence-electron chi connectivity index (χ2n) is 7.37. The van der Waals surface area contributed by atoms with Crippen LogP contribution in [0.15, 0.2) is 59.5 Å². The van der Waals surface area contributed by atoms with Gasteiger partial charge in [-0.05, 0) is 56.7 Å². The molecule has 1 amide bonds. The van der Waals surface area contributed by atoms with E-state index < -0.39 is 10.0 Å². The number of ether oxygens (including phenoxy) is 2. The number of nitrogens with zero attached hydrogens (tertiary/aromatic N) is 1. The van der Waals surface area contributed by atoms with Gasteiger partial charge in [-0.1, -0.05) is 18.2 Å². The molecule has 8 heteroatoms. The Balaban J connectivity index is 1.50. The quantitative estimate of drug-likeness (QED) is 0.649. The maximum Gasteiger partial charge on any atom is 0.251 e. The molecule has 1 aliphatic heterocycles. The smallest absolute Gasteiger partial charge is 0.251 e. The Morgan fingerprint density at radius 3 is 2.33 bits per heavy atom. The minimum absolute atomic E-state index is 0.153. The average Bonchev–Trinajstić information content (AvgIpc) is 2.73. The molecular weight excluding hydrogens is 404 g/mol. The zero-order valence-corrected chi connectivity index (χ0v) is 18.1. The van der Waals surface area contributed by atoms with Crippen LogP contribution in [-0.4, -0.2) is 57.1 Å². The molecule has 1 fully saturated rings. The number of hydrogen-bond acceptors (Lipinski definition) is 5. The van der Waals surface area contributed by atoms with Crippen LogP contribution in [-0.2, 0) is 14.8 Å². The summed E-state index contributed by atoms with van der Waals surface area (Å²) in [5, 5.41) is 2.82. The zero-order valence-electron chi connectivity index (χ0n) is 17.3. The fraction of sp³-hybridized carbons (Fsp3) is 0.409. The molecule has 2 aromatic rings. The number of sulfonamides is 1. The Morgan fingerprint density at radius 1 is 1.07 bits per heavy atom. The van der Waals surface area contributed by atoms with Crippen molar-refractivity contribution in [2.45, 2.75) is 37.4 Å². The minimum Gasteiger partial charge on any atom is -0.494 e. The largest absolute Gasteiger partial charge is 0.494 e. The van der Waals surface area contributed by atoms with Crippen molar-refractivity contribution >= 4 is 15.9 Å². The Kier molecular flexibility index (Phi) is 7.47. The highest BCUT2D eigenvalue weighted by Crippen LogP contribution is 2.21. The van der Waals surface area contributed by atoms with E-state index in [9.17, 15) is 13.2 Å². The van der Waals surface area contributed by atoms with Gasteiger partial charge in [-0.15, -0.1) is 0 Å². The predicted molar refractivity (Wildman–Crippen MR) is 114 cm³/mol. The molecule has 0 spiro atoms. The first-order valence-electron chi connectivity index (χ1n) is 10.1. The summed E-state index contributed by atoms with van der Waals surface area (Å²) in [6.07, 6.45) is 0.361. The zero-order chi connectivity index (χ0) is 21.6. The van der Waals surface area contributed by atoms with Crippen LogP contribution in [0.4, 0.5) is 0 Å². The monoisotopic (exact) mass is 432 g/mol. The van der Waals surface area contributed by atoms with Gasteiger partial charge in [-0.3, -0.25) is 4.79 Å². The lowest BCUT2D eigenvalue weighted by Gasteiger charge is -2.34. The predicted octanol–water partition coefficient (Wildman–Crippen LogP) is 2.68. The highest BCUT2D eigenvalue weighted by molar-refractivity contribution is 7.89. The van der Waals surface area contributed by atoms with Crippen LogP contribution in [0.2, 0.25) is 0 Å². The third-order valence-electron chi connectivity index (χ3n) is 4.76. The fourth-order valence-electron chi connectivity index (χ4n) is 3.34. The first kappa shape index (κ1) is 22.3. The molecule has 0 unspecified atom stereocenters. The van der Waals surface area contributed by atoms with Crippen molar-refractivity contribution < 1.29 is 22.7 Å². The lowest BCUT2D eigenvalue weighted by Crippen LogP contribution is -2.48. The van der Waals surface area contributed by atoms with E-state index in [1.54, 1.807) is 0 Å². The summed E-state index contributed by atoms with van der Waals surface area (Å²) in [5.41, 5.74) is 0.418. The van der Waals surface area contributed by atoms with Gasteiger partial charge in [0.2, 0.25) is 10.0 Å². The molecule has 0 aromatic heterocycles. The molecule has 2 aromatic carbocycles. The van der Waals surface area contributed by atoms with Gasteiger partial charge in [-0.25, -0.2) is 8.42 Å². The third-order valence-corrected chi connectivity index (χ3v) is 6.60. The van der Waals surface area contributed by atoms with Crippen LogP contribution in [0.5, 0.6) is 5.75 Å². The molecular formula is C22H28N2O5S. The molecule has 0 bridgehead atoms. The summed E-state index contributed by atoms with van der Waals surface area (Å²) in [5.74, 6) is 0.553. The molecule has 0 aliphatic carbocycles. The van der Waals surface area contributed by atoms with E-state index in [1.807, 2.05) is 44.2 Å². The average molecular weight is 433 g/mol. The molecule has 0 saturated carbocycles. The maximum absolute atomic E-state index is 12.9. The molecule has 1 N–H and O–H groups in total. The first-order chi connectivity index (χ1) is 14.4. The normalized spacial score (nSPS) is 19.9. The Morgan fingerprint density at radius 2 is 1.70 bits per heavy atom. The number of hydrogen-bond donors (Lipinski definition) is 1. The molecule has 0 radical (unpaired) electrons. The fourth-order valence-corrected chi connectivity index (χ4v) is 4.93. The van der Waals surface area contributed by atoms with Crippen LogP contribution in [0.25, 0.3) is 0 Å². The summed E-state index contributed by atoms with van der Waals surface area (Å²) >= 11 is 0. The van der Waals surface area contributed by atoms with Crippen LogP contribution >= 0.6 is 0 Å². The van der Waals surface area contributed by atoms with E-state index in [0.29, 0.717) is 38.2 Å². The van der Waals surface area contributed by atoms with Crippen LogP contribution in [0, 0.1) is 0 Å². The molecule has 30 heavy (non-hydrogen) atoms. The first-order valence-corrected chi connectivity index (χ1v) is 11.5. The van der Waals surface area contributed by atoms with E-state index >= 15 is 0 Å². The molecule has 2 atom stereocenters. The number of carbonyl (C=O) groups is 1. The van der Waals surface area contributed by atoms with E-state index in [-0.39, 0.29) is 23.0 Å². The van der Waals surface area contributed by atoms with Gasteiger partial charge in [0.15, 0.2) is 0 Å². The van der Waals surface area contributed by atoms with Gasteiger partial charge in [-0.2, -0.15) is 4.31 Å². The van der Waals surface area contributed by atoms with Crippen molar-refractivity contribution in [1.82, 2.24) is 9.62 Å². The van der Waals surface area contributed by atoms with Crippen molar-refractivity contribution in [2.75, 3.05) is 26.2 Å². The van der Waals surface area contributed by atoms with Crippen molar-refractivity contribution in [3.05, 3.63) is 60.2 Å². The molecule has 1 saturated heterocycles. The van der Waals surface area contributed by atoms with Gasteiger partial charge >= 0.3 is 0 Å². The molecule has 1 heterocycles. The number of nitrogens with one attached hydrogen (secondary N) is 1. The van der Waals surface area contributed by atoms with E-state index in [2.05, 4.69) is 5.32 Å². The second-order valence-corrected chi connectivity index (χ2v) is 9.31. The topological polar surface area (TPSA) is 84.9 Å². The Bertz CT molecular complexity index is 922. The SMILES string of the molecule is C[C@H]1CN(S(=O)(=O)c2ccc(C(=O)NCCCOc3ccccc3)cc2)C[C@H](C)O1. The van der Waals surface area contributed by atoms with Gasteiger partial charge < -0.3 is 14.8 Å². The third kappa shape index (κ3) is 5.81. The summed E-state index contributed by atoms with van der Waals surface area (Å²) in [6.45, 7) is 5.32. The van der Waals surface area contributed by atoms with Crippen LogP contribution < -0.4 is 10.1 Å². The Labute approximate surface area is 178 Å². The van der Waals surface area contributed by atoms with Gasteiger partial charge in [0.05, 0.1) is 23.7 Å². The van der Waals surface area contributed by atoms with Crippen molar-refractivity contribution in [3.8, 4) is 5.75 Å². The number of amides is 1. The van der Waals surface area contributed by atoms with E-state index in [0.717, 1.165) is 5.75 Å². The highest BCUT2D eigenvalue weighted by atomic mass is 32.2. The molecule has 7 nitrogen and oxygen atoms in total. The summed E-state index contributed by atoms with van der Waals surface area (Å²) in [4.78, 5) is 12.5. The van der Waals surface area contributed by atoms with E-state index in [1.165, 1.54) is 28.6 Å². The van der Waals surface area contributed by atoms with Crippen molar-refractivity contribution in [1.29, 1.82) is 0 Å². The number of para-hydroxylation sites is 1. The number of benzene rings is 2. The summed E-state index contributed by atoms with van der Waals surface area (Å²) in [7, 11) is -3.62. The standard InChI is InChI=1S/C22H28N2O5S/c1-17-15-24(16-18(2)29-17)30(26,27)21-11-9-19(10-12-21)22(25)23-13-6-14-28-20-7-4-3-5-8-20/h3-5,7-12,17-18H,6,13-16H2,1-2H3,(H,23,25)/t17-,18-/m0/s1. The van der Waals surface area contributed by atoms with Gasteiger partial charge in [0.25, 0.3) is 5.91 Å². The van der Waals surface area contributed by atoms with E-state index in [4.69, 9.17) is 9.47 Å². The molecule has 3 rings (SSSR count). The van der Waals surface area contributed by atoms with Gasteiger partial charge in [0.1, 0.15) is 5.75 Å². The molecule has 162 valence electrons. The number of morpholine rings is 1. The maximum atomic E-state index is 12.9. The second kappa shape index (κ2) is 10.1. The van der Waals surface area contributed by atoms with Crippen molar-refractivity contribution in [2.24, 2.45) is 0 Å². The van der Waals surface area contributed by atoms with Gasteiger partial charge in [0, 0.05) is 25.2 Å². The number of carbonyl (C=O) groups excluding carboxylic acids is 1. The summed E-state index contributed by atoms with van der Waals surface area (Å²) < 4.78 is 38.4. The van der Waals surface area contributed by atoms with Crippen LogP contribution in [0.1, 0.15) is 30.6 Å². The molecule has 1 aliphatic rings.